The van der Waals surface area contributed by atoms with Gasteiger partial charge in [0.15, 0.2) is 0 Å². The number of thioether (sulfide) groups is 1. The highest BCUT2D eigenvalue weighted by Crippen LogP contribution is 2.47. The molecule has 0 fully saturated rings. The van der Waals surface area contributed by atoms with Crippen molar-refractivity contribution in [2.24, 2.45) is 7.05 Å². The van der Waals surface area contributed by atoms with Crippen molar-refractivity contribution < 1.29 is 9.59 Å². The molecule has 2 aromatic heterocycles. The predicted molar refractivity (Wildman–Crippen MR) is 133 cm³/mol. The van der Waals surface area contributed by atoms with Gasteiger partial charge in [0.05, 0.1) is 16.7 Å². The van der Waals surface area contributed by atoms with Gasteiger partial charge in [-0.1, -0.05) is 38.5 Å². The molecule has 168 valence electrons. The normalized spacial score (nSPS) is 16.6. The molecule has 0 saturated heterocycles. The van der Waals surface area contributed by atoms with E-state index < -0.39 is 0 Å². The zero-order valence-electron chi connectivity index (χ0n) is 19.0. The summed E-state index contributed by atoms with van der Waals surface area (Å²) in [5.41, 5.74) is 4.78. The molecular formula is C24H28N4O2S2. The monoisotopic (exact) mass is 468 g/mol. The summed E-state index contributed by atoms with van der Waals surface area (Å²) in [6.45, 7) is 8.34. The van der Waals surface area contributed by atoms with E-state index in [2.05, 4.69) is 42.9 Å². The standard InChI is InChI=1S/C24H28N4O2S2/c1-15-6-8-17(9-7-15)25-18(29)12-28-19(30)14-32-21(16-10-11-31-13-16)20-22(24(2,3)4)26-27(5)23(20)28/h6-11,13,21H,12,14H2,1-5H3,(H,25,29). The molecule has 1 aromatic carbocycles. The Hall–Kier alpha value is -2.58. The zero-order valence-corrected chi connectivity index (χ0v) is 20.6. The fourth-order valence-electron chi connectivity index (χ4n) is 3.91. The Labute approximate surface area is 197 Å². The number of thiophene rings is 1. The Kier molecular flexibility index (Phi) is 6.18. The van der Waals surface area contributed by atoms with Crippen LogP contribution in [0.25, 0.3) is 0 Å². The molecule has 1 N–H and O–H groups in total. The number of aromatic nitrogens is 2. The van der Waals surface area contributed by atoms with Crippen LogP contribution in [0.4, 0.5) is 11.5 Å². The molecule has 1 aliphatic rings. The number of anilines is 2. The van der Waals surface area contributed by atoms with Crippen molar-refractivity contribution in [2.45, 2.75) is 38.4 Å². The molecule has 1 aliphatic heterocycles. The maximum atomic E-state index is 13.2. The lowest BCUT2D eigenvalue weighted by atomic mass is 9.87. The van der Waals surface area contributed by atoms with Gasteiger partial charge in [-0.05, 0) is 41.4 Å². The maximum Gasteiger partial charge on any atom is 0.244 e. The van der Waals surface area contributed by atoms with Gasteiger partial charge in [0.1, 0.15) is 12.4 Å². The van der Waals surface area contributed by atoms with Gasteiger partial charge in [-0.25, -0.2) is 0 Å². The summed E-state index contributed by atoms with van der Waals surface area (Å²) < 4.78 is 1.76. The van der Waals surface area contributed by atoms with Crippen LogP contribution in [0.15, 0.2) is 41.1 Å². The number of carbonyl (C=O) groups excluding carboxylic acids is 2. The molecule has 3 heterocycles. The van der Waals surface area contributed by atoms with Crippen LogP contribution in [0, 0.1) is 6.92 Å². The molecule has 1 atom stereocenters. The highest BCUT2D eigenvalue weighted by molar-refractivity contribution is 8.00. The lowest BCUT2D eigenvalue weighted by Crippen LogP contribution is -2.40. The van der Waals surface area contributed by atoms with Gasteiger partial charge < -0.3 is 5.32 Å². The molecule has 32 heavy (non-hydrogen) atoms. The van der Waals surface area contributed by atoms with Crippen molar-refractivity contribution in [1.29, 1.82) is 0 Å². The second-order valence-electron chi connectivity index (χ2n) is 9.10. The Morgan fingerprint density at radius 1 is 1.22 bits per heavy atom. The summed E-state index contributed by atoms with van der Waals surface area (Å²) in [6, 6.07) is 9.74. The predicted octanol–water partition coefficient (Wildman–Crippen LogP) is 4.90. The number of rotatable bonds is 4. The van der Waals surface area contributed by atoms with Crippen molar-refractivity contribution in [1.82, 2.24) is 9.78 Å². The number of benzene rings is 1. The van der Waals surface area contributed by atoms with Gasteiger partial charge in [-0.2, -0.15) is 16.4 Å². The van der Waals surface area contributed by atoms with Crippen LogP contribution in [-0.2, 0) is 22.1 Å². The summed E-state index contributed by atoms with van der Waals surface area (Å²) >= 11 is 3.25. The van der Waals surface area contributed by atoms with Crippen LogP contribution >= 0.6 is 23.1 Å². The summed E-state index contributed by atoms with van der Waals surface area (Å²) in [7, 11) is 1.85. The minimum Gasteiger partial charge on any atom is -0.325 e. The molecule has 0 saturated carbocycles. The van der Waals surface area contributed by atoms with E-state index >= 15 is 0 Å². The number of fused-ring (bicyclic) bond motifs is 1. The molecular weight excluding hydrogens is 440 g/mol. The highest BCUT2D eigenvalue weighted by atomic mass is 32.2. The fraction of sp³-hybridized carbons (Fsp3) is 0.375. The third kappa shape index (κ3) is 4.47. The topological polar surface area (TPSA) is 67.2 Å². The van der Waals surface area contributed by atoms with Crippen LogP contribution in [0.3, 0.4) is 0 Å². The molecule has 0 aliphatic carbocycles. The van der Waals surface area contributed by atoms with Crippen molar-refractivity contribution in [3.63, 3.8) is 0 Å². The van der Waals surface area contributed by atoms with E-state index in [1.165, 1.54) is 5.56 Å². The first kappa shape index (κ1) is 22.6. The number of nitrogens with zero attached hydrogens (tertiary/aromatic N) is 3. The average Bonchev–Trinajstić information content (AvgIpc) is 3.34. The third-order valence-electron chi connectivity index (χ3n) is 5.44. The van der Waals surface area contributed by atoms with Gasteiger partial charge in [0.2, 0.25) is 11.8 Å². The summed E-state index contributed by atoms with van der Waals surface area (Å²) in [5.74, 6) is 0.693. The number of aryl methyl sites for hydroxylation is 2. The van der Waals surface area contributed by atoms with E-state index in [0.717, 1.165) is 16.8 Å². The minimum atomic E-state index is -0.231. The SMILES string of the molecule is Cc1ccc(NC(=O)CN2C(=O)CSC(c3ccsc3)c3c(C(C)(C)C)nn(C)c32)cc1. The first-order chi connectivity index (χ1) is 15.1. The van der Waals surface area contributed by atoms with E-state index in [4.69, 9.17) is 5.10 Å². The van der Waals surface area contributed by atoms with Crippen LogP contribution < -0.4 is 10.2 Å². The third-order valence-corrected chi connectivity index (χ3v) is 7.39. The Bertz CT molecular complexity index is 1130. The lowest BCUT2D eigenvalue weighted by Gasteiger charge is -2.23. The molecule has 0 bridgehead atoms. The number of amides is 2. The summed E-state index contributed by atoms with van der Waals surface area (Å²) in [5, 5.41) is 11.9. The Balaban J connectivity index is 1.74. The largest absolute Gasteiger partial charge is 0.325 e. The molecule has 3 aromatic rings. The van der Waals surface area contributed by atoms with E-state index in [1.54, 1.807) is 32.7 Å². The molecule has 6 nitrogen and oxygen atoms in total. The quantitative estimate of drug-likeness (QED) is 0.592. The molecule has 2 amide bonds. The highest BCUT2D eigenvalue weighted by Gasteiger charge is 2.38. The fourth-order valence-corrected chi connectivity index (χ4v) is 5.87. The zero-order chi connectivity index (χ0) is 23.0. The second-order valence-corrected chi connectivity index (χ2v) is 11.0. The molecule has 8 heteroatoms. The van der Waals surface area contributed by atoms with Gasteiger partial charge in [0, 0.05) is 23.7 Å². The van der Waals surface area contributed by atoms with Crippen molar-refractivity contribution in [3.05, 3.63) is 63.5 Å². The van der Waals surface area contributed by atoms with E-state index in [9.17, 15) is 9.59 Å². The molecule has 1 unspecified atom stereocenters. The number of hydrogen-bond donors (Lipinski definition) is 1. The van der Waals surface area contributed by atoms with Crippen LogP contribution in [0.1, 0.15) is 48.4 Å². The van der Waals surface area contributed by atoms with Gasteiger partial charge >= 0.3 is 0 Å². The molecule has 0 radical (unpaired) electrons. The summed E-state index contributed by atoms with van der Waals surface area (Å²) in [4.78, 5) is 27.7. The van der Waals surface area contributed by atoms with E-state index in [-0.39, 0.29) is 29.0 Å². The van der Waals surface area contributed by atoms with Crippen LogP contribution in [0.2, 0.25) is 0 Å². The molecule has 0 spiro atoms. The number of hydrogen-bond acceptors (Lipinski definition) is 5. The lowest BCUT2D eigenvalue weighted by molar-refractivity contribution is -0.120. The second kappa shape index (κ2) is 8.75. The summed E-state index contributed by atoms with van der Waals surface area (Å²) in [6.07, 6.45) is 0. The van der Waals surface area contributed by atoms with E-state index in [0.29, 0.717) is 17.3 Å². The maximum absolute atomic E-state index is 13.2. The van der Waals surface area contributed by atoms with Crippen LogP contribution in [0.5, 0.6) is 0 Å². The number of nitrogens with one attached hydrogen (secondary N) is 1. The van der Waals surface area contributed by atoms with Gasteiger partial charge in [-0.15, -0.1) is 11.8 Å². The Morgan fingerprint density at radius 3 is 2.56 bits per heavy atom. The van der Waals surface area contributed by atoms with E-state index in [1.807, 2.05) is 38.2 Å². The Morgan fingerprint density at radius 2 is 1.94 bits per heavy atom. The van der Waals surface area contributed by atoms with Gasteiger partial charge in [0.25, 0.3) is 0 Å². The molecule has 4 rings (SSSR count). The van der Waals surface area contributed by atoms with Crippen LogP contribution in [-0.4, -0.2) is 33.9 Å². The minimum absolute atomic E-state index is 0.00622. The average molecular weight is 469 g/mol. The van der Waals surface area contributed by atoms with Gasteiger partial charge in [-0.3, -0.25) is 19.2 Å². The van der Waals surface area contributed by atoms with Crippen molar-refractivity contribution >= 4 is 46.4 Å². The van der Waals surface area contributed by atoms with Crippen molar-refractivity contribution in [2.75, 3.05) is 22.5 Å². The van der Waals surface area contributed by atoms with Crippen molar-refractivity contribution in [3.8, 4) is 0 Å². The smallest absolute Gasteiger partial charge is 0.244 e. The first-order valence-corrected chi connectivity index (χ1v) is 12.5. The number of carbonyl (C=O) groups is 2. The first-order valence-electron chi connectivity index (χ1n) is 10.5.